The summed E-state index contributed by atoms with van der Waals surface area (Å²) in [6, 6.07) is 9.38. The third-order valence-corrected chi connectivity index (χ3v) is 2.60. The van der Waals surface area contributed by atoms with E-state index in [2.05, 4.69) is 10.3 Å². The minimum absolute atomic E-state index is 0.0450. The van der Waals surface area contributed by atoms with Crippen LogP contribution in [-0.4, -0.2) is 15.7 Å². The maximum absolute atomic E-state index is 12.1. The van der Waals surface area contributed by atoms with Crippen molar-refractivity contribution in [1.29, 1.82) is 0 Å². The summed E-state index contributed by atoms with van der Waals surface area (Å²) in [6.07, 6.45) is -1.60. The van der Waals surface area contributed by atoms with E-state index in [-0.39, 0.29) is 13.0 Å². The van der Waals surface area contributed by atoms with Crippen LogP contribution in [0.4, 0.5) is 24.8 Å². The second kappa shape index (κ2) is 5.77. The first-order valence-corrected chi connectivity index (χ1v) is 5.94. The number of alkyl halides is 3. The van der Waals surface area contributed by atoms with Gasteiger partial charge in [0.05, 0.1) is 0 Å². The van der Waals surface area contributed by atoms with E-state index in [9.17, 15) is 13.2 Å². The molecular weight excluding hydrogens is 255 g/mol. The number of nitrogens with one attached hydrogen (secondary N) is 1. The molecule has 6 heteroatoms. The van der Waals surface area contributed by atoms with Crippen molar-refractivity contribution < 1.29 is 13.2 Å². The number of halogens is 3. The van der Waals surface area contributed by atoms with Crippen LogP contribution in [0.2, 0.25) is 0 Å². The molecule has 0 aliphatic heterocycles. The average molecular weight is 269 g/mol. The number of rotatable bonds is 5. The molecule has 102 valence electrons. The van der Waals surface area contributed by atoms with Gasteiger partial charge in [0.25, 0.3) is 0 Å². The monoisotopic (exact) mass is 269 g/mol. The molecule has 0 fully saturated rings. The van der Waals surface area contributed by atoms with Crippen molar-refractivity contribution >= 4 is 11.6 Å². The molecule has 19 heavy (non-hydrogen) atoms. The van der Waals surface area contributed by atoms with Gasteiger partial charge in [-0.2, -0.15) is 13.2 Å². The first-order chi connectivity index (χ1) is 9.04. The highest BCUT2D eigenvalue weighted by molar-refractivity contribution is 5.52. The van der Waals surface area contributed by atoms with E-state index < -0.39 is 12.6 Å². The Morgan fingerprint density at radius 3 is 2.58 bits per heavy atom. The number of aromatic nitrogens is 2. The molecule has 0 spiro atoms. The van der Waals surface area contributed by atoms with Crippen molar-refractivity contribution in [2.24, 2.45) is 0 Å². The Kier molecular flexibility index (Phi) is 4.09. The van der Waals surface area contributed by atoms with E-state index in [0.29, 0.717) is 5.95 Å². The van der Waals surface area contributed by atoms with Gasteiger partial charge in [0, 0.05) is 31.0 Å². The molecule has 0 bridgehead atoms. The molecule has 1 aromatic carbocycles. The normalized spacial score (nSPS) is 11.5. The summed E-state index contributed by atoms with van der Waals surface area (Å²) in [5.74, 6) is 0.549. The quantitative estimate of drug-likeness (QED) is 0.890. The topological polar surface area (TPSA) is 29.9 Å². The minimum Gasteiger partial charge on any atom is -0.326 e. The molecule has 0 amide bonds. The summed E-state index contributed by atoms with van der Waals surface area (Å²) in [5.41, 5.74) is 0.853. The van der Waals surface area contributed by atoms with Gasteiger partial charge in [0.15, 0.2) is 0 Å². The Hall–Kier alpha value is -1.98. The predicted molar refractivity (Wildman–Crippen MR) is 67.2 cm³/mol. The number of para-hydroxylation sites is 1. The third kappa shape index (κ3) is 4.31. The summed E-state index contributed by atoms with van der Waals surface area (Å²) in [6.45, 7) is 0.286. The van der Waals surface area contributed by atoms with Gasteiger partial charge < -0.3 is 9.88 Å². The third-order valence-electron chi connectivity index (χ3n) is 2.60. The van der Waals surface area contributed by atoms with Crippen molar-refractivity contribution in [1.82, 2.24) is 9.55 Å². The standard InChI is InChI=1S/C13H14F3N3/c14-13(15,16)7-4-9-19-10-8-17-12(19)18-11-5-2-1-3-6-11/h1-3,5-6,8,10H,4,7,9H2,(H,17,18). The van der Waals surface area contributed by atoms with Gasteiger partial charge >= 0.3 is 6.18 Å². The van der Waals surface area contributed by atoms with Crippen LogP contribution in [0.1, 0.15) is 12.8 Å². The Morgan fingerprint density at radius 2 is 1.89 bits per heavy atom. The van der Waals surface area contributed by atoms with E-state index in [1.54, 1.807) is 17.0 Å². The minimum atomic E-state index is -4.10. The van der Waals surface area contributed by atoms with Crippen LogP contribution in [-0.2, 0) is 6.54 Å². The molecule has 2 aromatic rings. The van der Waals surface area contributed by atoms with E-state index in [1.807, 2.05) is 30.3 Å². The summed E-state index contributed by atoms with van der Waals surface area (Å²) >= 11 is 0. The fourth-order valence-corrected chi connectivity index (χ4v) is 1.71. The lowest BCUT2D eigenvalue weighted by atomic mass is 10.3. The van der Waals surface area contributed by atoms with Gasteiger partial charge in [-0.3, -0.25) is 0 Å². The van der Waals surface area contributed by atoms with Crippen LogP contribution in [0.25, 0.3) is 0 Å². The summed E-state index contributed by atoms with van der Waals surface area (Å²) < 4.78 is 38.0. The zero-order valence-electron chi connectivity index (χ0n) is 10.2. The van der Waals surface area contributed by atoms with Crippen LogP contribution in [0.15, 0.2) is 42.7 Å². The first-order valence-electron chi connectivity index (χ1n) is 5.94. The van der Waals surface area contributed by atoms with Gasteiger partial charge in [0.1, 0.15) is 0 Å². The molecule has 1 heterocycles. The lowest BCUT2D eigenvalue weighted by Gasteiger charge is -2.10. The van der Waals surface area contributed by atoms with Crippen molar-refractivity contribution in [3.8, 4) is 0 Å². The van der Waals surface area contributed by atoms with Gasteiger partial charge in [-0.15, -0.1) is 0 Å². The zero-order chi connectivity index (χ0) is 13.7. The fraction of sp³-hybridized carbons (Fsp3) is 0.308. The second-order valence-corrected chi connectivity index (χ2v) is 4.15. The summed E-state index contributed by atoms with van der Waals surface area (Å²) in [7, 11) is 0. The largest absolute Gasteiger partial charge is 0.389 e. The van der Waals surface area contributed by atoms with E-state index in [0.717, 1.165) is 5.69 Å². The Labute approximate surface area is 109 Å². The number of benzene rings is 1. The summed E-state index contributed by atoms with van der Waals surface area (Å²) in [5, 5.41) is 3.07. The molecular formula is C13H14F3N3. The molecule has 0 saturated heterocycles. The van der Waals surface area contributed by atoms with Crippen LogP contribution in [0, 0.1) is 0 Å². The summed E-state index contributed by atoms with van der Waals surface area (Å²) in [4.78, 5) is 4.10. The number of imidazole rings is 1. The SMILES string of the molecule is FC(F)(F)CCCn1ccnc1Nc1ccccc1. The molecule has 1 aromatic heterocycles. The van der Waals surface area contributed by atoms with Crippen LogP contribution in [0.3, 0.4) is 0 Å². The van der Waals surface area contributed by atoms with Gasteiger partial charge in [-0.05, 0) is 18.6 Å². The maximum Gasteiger partial charge on any atom is 0.389 e. The Morgan fingerprint density at radius 1 is 1.16 bits per heavy atom. The van der Waals surface area contributed by atoms with Crippen LogP contribution in [0.5, 0.6) is 0 Å². The van der Waals surface area contributed by atoms with Gasteiger partial charge in [-0.1, -0.05) is 18.2 Å². The van der Waals surface area contributed by atoms with Crippen LogP contribution >= 0.6 is 0 Å². The molecule has 1 N–H and O–H groups in total. The molecule has 0 saturated carbocycles. The molecule has 0 unspecified atom stereocenters. The van der Waals surface area contributed by atoms with Crippen molar-refractivity contribution in [3.05, 3.63) is 42.7 Å². The average Bonchev–Trinajstić information content (AvgIpc) is 2.76. The van der Waals surface area contributed by atoms with Gasteiger partial charge in [0.2, 0.25) is 5.95 Å². The lowest BCUT2D eigenvalue weighted by molar-refractivity contribution is -0.135. The zero-order valence-corrected chi connectivity index (χ0v) is 10.2. The molecule has 0 aliphatic carbocycles. The Bertz CT molecular complexity index is 505. The highest BCUT2D eigenvalue weighted by Gasteiger charge is 2.26. The van der Waals surface area contributed by atoms with Crippen molar-refractivity contribution in [2.75, 3.05) is 5.32 Å². The number of nitrogens with zero attached hydrogens (tertiary/aromatic N) is 2. The number of anilines is 2. The molecule has 2 rings (SSSR count). The van der Waals surface area contributed by atoms with Crippen LogP contribution < -0.4 is 5.32 Å². The number of hydrogen-bond donors (Lipinski definition) is 1. The fourth-order valence-electron chi connectivity index (χ4n) is 1.71. The maximum atomic E-state index is 12.1. The van der Waals surface area contributed by atoms with Crippen molar-refractivity contribution in [2.45, 2.75) is 25.6 Å². The lowest BCUT2D eigenvalue weighted by Crippen LogP contribution is -2.10. The molecule has 0 atom stereocenters. The van der Waals surface area contributed by atoms with E-state index in [1.165, 1.54) is 0 Å². The van der Waals surface area contributed by atoms with Crippen molar-refractivity contribution in [3.63, 3.8) is 0 Å². The van der Waals surface area contributed by atoms with E-state index >= 15 is 0 Å². The predicted octanol–water partition coefficient (Wildman–Crippen LogP) is 3.97. The number of aryl methyl sites for hydroxylation is 1. The number of hydrogen-bond acceptors (Lipinski definition) is 2. The molecule has 0 radical (unpaired) electrons. The first kappa shape index (κ1) is 13.5. The smallest absolute Gasteiger partial charge is 0.326 e. The molecule has 3 nitrogen and oxygen atoms in total. The molecule has 0 aliphatic rings. The highest BCUT2D eigenvalue weighted by atomic mass is 19.4. The highest BCUT2D eigenvalue weighted by Crippen LogP contribution is 2.22. The second-order valence-electron chi connectivity index (χ2n) is 4.15. The van der Waals surface area contributed by atoms with E-state index in [4.69, 9.17) is 0 Å². The Balaban J connectivity index is 1.94. The van der Waals surface area contributed by atoms with Gasteiger partial charge in [-0.25, -0.2) is 4.98 Å².